The molecule has 4 rings (SSSR count). The summed E-state index contributed by atoms with van der Waals surface area (Å²) in [5, 5.41) is 3.53. The molecule has 104 valence electrons. The molecule has 1 atom stereocenters. The molecule has 1 aliphatic heterocycles. The summed E-state index contributed by atoms with van der Waals surface area (Å²) in [7, 11) is 0. The fourth-order valence-corrected chi connectivity index (χ4v) is 2.80. The highest BCUT2D eigenvalue weighted by Crippen LogP contribution is 2.31. The molecule has 1 N–H and O–H groups in total. The first-order chi connectivity index (χ1) is 10.3. The summed E-state index contributed by atoms with van der Waals surface area (Å²) >= 11 is 0. The van der Waals surface area contributed by atoms with Crippen LogP contribution in [0.15, 0.2) is 60.9 Å². The van der Waals surface area contributed by atoms with Gasteiger partial charge in [0, 0.05) is 18.1 Å². The molecule has 0 saturated carbocycles. The molecule has 0 saturated heterocycles. The number of nitrogens with one attached hydrogen (secondary N) is 1. The first kappa shape index (κ1) is 12.1. The molecule has 4 heteroatoms. The Morgan fingerprint density at radius 2 is 1.90 bits per heavy atom. The molecular formula is C17H14FN3. The molecule has 0 radical (unpaired) electrons. The van der Waals surface area contributed by atoms with Crippen LogP contribution < -0.4 is 5.32 Å². The average Bonchev–Trinajstić information content (AvgIpc) is 2.89. The maximum atomic E-state index is 13.2. The van der Waals surface area contributed by atoms with Crippen molar-refractivity contribution in [1.82, 2.24) is 9.55 Å². The van der Waals surface area contributed by atoms with Gasteiger partial charge in [0.15, 0.2) is 0 Å². The first-order valence-electron chi connectivity index (χ1n) is 6.92. The highest BCUT2D eigenvalue weighted by molar-refractivity contribution is 5.55. The Kier molecular flexibility index (Phi) is 2.74. The van der Waals surface area contributed by atoms with Crippen molar-refractivity contribution in [3.8, 4) is 0 Å². The molecule has 0 spiro atoms. The van der Waals surface area contributed by atoms with Gasteiger partial charge in [0.25, 0.3) is 0 Å². The predicted molar refractivity (Wildman–Crippen MR) is 79.6 cm³/mol. The number of hydrogen-bond acceptors (Lipinski definition) is 2. The smallest absolute Gasteiger partial charge is 0.136 e. The van der Waals surface area contributed by atoms with Crippen molar-refractivity contribution < 1.29 is 4.39 Å². The van der Waals surface area contributed by atoms with Gasteiger partial charge in [-0.3, -0.25) is 0 Å². The van der Waals surface area contributed by atoms with Crippen molar-refractivity contribution in [3.63, 3.8) is 0 Å². The third-order valence-corrected chi connectivity index (χ3v) is 3.87. The summed E-state index contributed by atoms with van der Waals surface area (Å²) < 4.78 is 15.3. The van der Waals surface area contributed by atoms with E-state index in [4.69, 9.17) is 0 Å². The van der Waals surface area contributed by atoms with E-state index in [1.54, 1.807) is 12.1 Å². The lowest BCUT2D eigenvalue weighted by Gasteiger charge is -2.18. The van der Waals surface area contributed by atoms with Crippen molar-refractivity contribution in [3.05, 3.63) is 83.7 Å². The fraction of sp³-hybridized carbons (Fsp3) is 0.118. The number of nitrogens with zero attached hydrogens (tertiary/aromatic N) is 2. The summed E-state index contributed by atoms with van der Waals surface area (Å²) in [5.74, 6) is 0.717. The van der Waals surface area contributed by atoms with Crippen LogP contribution in [0.1, 0.15) is 23.0 Å². The van der Waals surface area contributed by atoms with Gasteiger partial charge >= 0.3 is 0 Å². The van der Waals surface area contributed by atoms with Gasteiger partial charge in [-0.2, -0.15) is 0 Å². The molecule has 1 aliphatic rings. The Morgan fingerprint density at radius 1 is 1.10 bits per heavy atom. The lowest BCUT2D eigenvalue weighted by Crippen LogP contribution is -2.15. The number of anilines is 1. The number of halogens is 1. The van der Waals surface area contributed by atoms with Gasteiger partial charge < -0.3 is 9.88 Å². The maximum Gasteiger partial charge on any atom is 0.136 e. The third kappa shape index (κ3) is 2.09. The van der Waals surface area contributed by atoms with Crippen LogP contribution >= 0.6 is 0 Å². The van der Waals surface area contributed by atoms with Crippen molar-refractivity contribution in [2.75, 3.05) is 5.32 Å². The van der Waals surface area contributed by atoms with E-state index < -0.39 is 0 Å². The van der Waals surface area contributed by atoms with Crippen LogP contribution in [0, 0.1) is 5.82 Å². The van der Waals surface area contributed by atoms with Gasteiger partial charge in [-0.25, -0.2) is 9.37 Å². The molecule has 0 bridgehead atoms. The summed E-state index contributed by atoms with van der Waals surface area (Å²) in [6.45, 7) is 0.788. The van der Waals surface area contributed by atoms with Crippen molar-refractivity contribution in [1.29, 1.82) is 0 Å². The Morgan fingerprint density at radius 3 is 2.76 bits per heavy atom. The molecule has 0 fully saturated rings. The van der Waals surface area contributed by atoms with Crippen molar-refractivity contribution in [2.45, 2.75) is 12.6 Å². The topological polar surface area (TPSA) is 29.9 Å². The molecule has 1 aromatic heterocycles. The van der Waals surface area contributed by atoms with Crippen LogP contribution in [-0.2, 0) is 6.54 Å². The van der Waals surface area contributed by atoms with Gasteiger partial charge in [0.05, 0.1) is 6.54 Å². The largest absolute Gasteiger partial charge is 0.371 e. The fourth-order valence-electron chi connectivity index (χ4n) is 2.80. The summed E-state index contributed by atoms with van der Waals surface area (Å²) in [4.78, 5) is 4.49. The van der Waals surface area contributed by atoms with Crippen LogP contribution in [0.3, 0.4) is 0 Å². The number of rotatable bonds is 1. The molecular weight excluding hydrogens is 265 g/mol. The van der Waals surface area contributed by atoms with Gasteiger partial charge in [-0.1, -0.05) is 30.3 Å². The van der Waals surface area contributed by atoms with Gasteiger partial charge in [-0.05, 0) is 29.3 Å². The Bertz CT molecular complexity index is 777. The standard InChI is InChI=1S/C17H14FN3/c18-14-7-5-12(6-8-14)16-17-19-9-10-21(17)11-13-3-1-2-4-15(13)20-16/h1-10,16,20H,11H2. The van der Waals surface area contributed by atoms with Gasteiger partial charge in [0.1, 0.15) is 17.7 Å². The summed E-state index contributed by atoms with van der Waals surface area (Å²) in [6.07, 6.45) is 3.79. The molecule has 3 nitrogen and oxygen atoms in total. The lowest BCUT2D eigenvalue weighted by atomic mass is 10.1. The Hall–Kier alpha value is -2.62. The average molecular weight is 279 g/mol. The van der Waals surface area contributed by atoms with E-state index in [1.807, 2.05) is 24.5 Å². The third-order valence-electron chi connectivity index (χ3n) is 3.87. The van der Waals surface area contributed by atoms with Crippen LogP contribution in [0.5, 0.6) is 0 Å². The van der Waals surface area contributed by atoms with Gasteiger partial charge in [0.2, 0.25) is 0 Å². The van der Waals surface area contributed by atoms with Crippen molar-refractivity contribution >= 4 is 5.69 Å². The minimum atomic E-state index is -0.226. The second kappa shape index (κ2) is 4.74. The van der Waals surface area contributed by atoms with E-state index in [0.717, 1.165) is 23.6 Å². The zero-order chi connectivity index (χ0) is 14.2. The molecule has 2 aromatic carbocycles. The number of benzene rings is 2. The minimum Gasteiger partial charge on any atom is -0.371 e. The van der Waals surface area contributed by atoms with Crippen LogP contribution in [0.25, 0.3) is 0 Å². The Balaban J connectivity index is 1.85. The highest BCUT2D eigenvalue weighted by atomic mass is 19.1. The van der Waals surface area contributed by atoms with E-state index in [9.17, 15) is 4.39 Å². The van der Waals surface area contributed by atoms with Crippen molar-refractivity contribution in [2.24, 2.45) is 0 Å². The maximum absolute atomic E-state index is 13.2. The van der Waals surface area contributed by atoms with E-state index in [-0.39, 0.29) is 11.9 Å². The minimum absolute atomic E-state index is 0.0794. The zero-order valence-corrected chi connectivity index (χ0v) is 11.3. The lowest BCUT2D eigenvalue weighted by molar-refractivity contribution is 0.626. The van der Waals surface area contributed by atoms with E-state index >= 15 is 0 Å². The molecule has 2 heterocycles. The highest BCUT2D eigenvalue weighted by Gasteiger charge is 2.23. The molecule has 1 unspecified atom stereocenters. The number of hydrogen-bond donors (Lipinski definition) is 1. The second-order valence-electron chi connectivity index (χ2n) is 5.20. The summed E-state index contributed by atoms with van der Waals surface area (Å²) in [5.41, 5.74) is 3.32. The molecule has 3 aromatic rings. The number of para-hydroxylation sites is 1. The Labute approximate surface area is 122 Å². The monoisotopic (exact) mass is 279 g/mol. The quantitative estimate of drug-likeness (QED) is 0.738. The van der Waals surface area contributed by atoms with Crippen LogP contribution in [0.4, 0.5) is 10.1 Å². The summed E-state index contributed by atoms with van der Waals surface area (Å²) in [6, 6.07) is 14.7. The van der Waals surface area contributed by atoms with Gasteiger partial charge in [-0.15, -0.1) is 0 Å². The second-order valence-corrected chi connectivity index (χ2v) is 5.20. The van der Waals surface area contributed by atoms with Crippen LogP contribution in [-0.4, -0.2) is 9.55 Å². The van der Waals surface area contributed by atoms with Crippen LogP contribution in [0.2, 0.25) is 0 Å². The first-order valence-corrected chi connectivity index (χ1v) is 6.92. The normalized spacial score (nSPS) is 16.5. The van der Waals surface area contributed by atoms with E-state index in [0.29, 0.717) is 0 Å². The van der Waals surface area contributed by atoms with E-state index in [2.05, 4.69) is 27.0 Å². The molecule has 21 heavy (non-hydrogen) atoms. The zero-order valence-electron chi connectivity index (χ0n) is 11.3. The number of fused-ring (bicyclic) bond motifs is 2. The predicted octanol–water partition coefficient (Wildman–Crippen LogP) is 3.59. The number of imidazole rings is 1. The SMILES string of the molecule is Fc1ccc(C2Nc3ccccc3Cn3ccnc32)cc1. The molecule has 0 aliphatic carbocycles. The number of aromatic nitrogens is 2. The van der Waals surface area contributed by atoms with E-state index in [1.165, 1.54) is 17.7 Å². The molecule has 0 amide bonds.